The SMILES string of the molecule is Cc1cccc(C(=O)NC(Cc2ccccc2)(c2cccc(C(F)(F)F)c2)c2cccc(C(F)(F)F)c2)c1. The molecule has 4 rings (SSSR count). The lowest BCUT2D eigenvalue weighted by Crippen LogP contribution is -2.49. The quantitative estimate of drug-likeness (QED) is 0.253. The highest BCUT2D eigenvalue weighted by atomic mass is 19.4. The van der Waals surface area contributed by atoms with Crippen molar-refractivity contribution in [2.75, 3.05) is 0 Å². The number of alkyl halides is 6. The van der Waals surface area contributed by atoms with Gasteiger partial charge in [0, 0.05) is 12.0 Å². The van der Waals surface area contributed by atoms with Crippen molar-refractivity contribution >= 4 is 5.91 Å². The zero-order valence-corrected chi connectivity index (χ0v) is 20.2. The van der Waals surface area contributed by atoms with Gasteiger partial charge in [-0.25, -0.2) is 0 Å². The molecule has 196 valence electrons. The monoisotopic (exact) mass is 527 g/mol. The van der Waals surface area contributed by atoms with Gasteiger partial charge < -0.3 is 5.32 Å². The highest BCUT2D eigenvalue weighted by Gasteiger charge is 2.41. The Bertz CT molecular complexity index is 1370. The van der Waals surface area contributed by atoms with Gasteiger partial charge in [0.2, 0.25) is 0 Å². The third-order valence-electron chi connectivity index (χ3n) is 6.28. The first-order chi connectivity index (χ1) is 17.9. The van der Waals surface area contributed by atoms with Gasteiger partial charge >= 0.3 is 12.4 Å². The average molecular weight is 528 g/mol. The molecule has 0 heterocycles. The van der Waals surface area contributed by atoms with E-state index in [9.17, 15) is 31.1 Å². The Morgan fingerprint density at radius 1 is 0.632 bits per heavy atom. The lowest BCUT2D eigenvalue weighted by molar-refractivity contribution is -0.138. The third kappa shape index (κ3) is 5.90. The minimum atomic E-state index is -4.71. The normalized spacial score (nSPS) is 12.3. The van der Waals surface area contributed by atoms with E-state index in [0.29, 0.717) is 5.56 Å². The van der Waals surface area contributed by atoms with Crippen molar-refractivity contribution < 1.29 is 31.1 Å². The summed E-state index contributed by atoms with van der Waals surface area (Å²) in [6.07, 6.45) is -9.51. The molecule has 4 aromatic rings. The molecular weight excluding hydrogens is 504 g/mol. The molecule has 4 aromatic carbocycles. The van der Waals surface area contributed by atoms with Crippen molar-refractivity contribution in [2.45, 2.75) is 31.2 Å². The number of halogens is 6. The van der Waals surface area contributed by atoms with Crippen LogP contribution >= 0.6 is 0 Å². The molecule has 0 aliphatic carbocycles. The molecule has 0 atom stereocenters. The average Bonchev–Trinajstić information content (AvgIpc) is 2.88. The molecule has 0 fully saturated rings. The van der Waals surface area contributed by atoms with Crippen LogP contribution in [-0.2, 0) is 24.3 Å². The second kappa shape index (κ2) is 10.4. The summed E-state index contributed by atoms with van der Waals surface area (Å²) in [6.45, 7) is 1.77. The zero-order valence-electron chi connectivity index (χ0n) is 20.2. The van der Waals surface area contributed by atoms with Crippen LogP contribution in [0.3, 0.4) is 0 Å². The number of benzene rings is 4. The van der Waals surface area contributed by atoms with E-state index in [1.807, 2.05) is 0 Å². The van der Waals surface area contributed by atoms with Crippen LogP contribution in [-0.4, -0.2) is 5.91 Å². The summed E-state index contributed by atoms with van der Waals surface area (Å²) in [5.74, 6) is -0.639. The molecule has 1 N–H and O–H groups in total. The lowest BCUT2D eigenvalue weighted by atomic mass is 9.76. The molecule has 2 nitrogen and oxygen atoms in total. The summed E-state index contributed by atoms with van der Waals surface area (Å²) in [7, 11) is 0. The van der Waals surface area contributed by atoms with Crippen LogP contribution in [0, 0.1) is 6.92 Å². The number of amides is 1. The summed E-state index contributed by atoms with van der Waals surface area (Å²) in [5, 5.41) is 2.84. The Hall–Kier alpha value is -4.07. The Labute approximate surface area is 215 Å². The van der Waals surface area contributed by atoms with E-state index in [1.54, 1.807) is 55.5 Å². The molecule has 0 bridgehead atoms. The van der Waals surface area contributed by atoms with Crippen molar-refractivity contribution in [3.05, 3.63) is 142 Å². The third-order valence-corrected chi connectivity index (χ3v) is 6.28. The molecule has 1 amide bonds. The topological polar surface area (TPSA) is 29.1 Å². The van der Waals surface area contributed by atoms with E-state index >= 15 is 0 Å². The summed E-state index contributed by atoms with van der Waals surface area (Å²) < 4.78 is 82.4. The molecule has 0 unspecified atom stereocenters. The van der Waals surface area contributed by atoms with Crippen molar-refractivity contribution in [2.24, 2.45) is 0 Å². The van der Waals surface area contributed by atoms with Gasteiger partial charge in [0.25, 0.3) is 5.91 Å². The molecule has 0 spiro atoms. The highest BCUT2D eigenvalue weighted by molar-refractivity contribution is 5.95. The first kappa shape index (κ1) is 27.0. The van der Waals surface area contributed by atoms with Gasteiger partial charge in [0.1, 0.15) is 0 Å². The summed E-state index contributed by atoms with van der Waals surface area (Å²) >= 11 is 0. The van der Waals surface area contributed by atoms with E-state index in [0.717, 1.165) is 29.8 Å². The number of rotatable bonds is 6. The maximum absolute atomic E-state index is 13.7. The molecule has 0 aliphatic heterocycles. The Morgan fingerprint density at radius 2 is 1.13 bits per heavy atom. The van der Waals surface area contributed by atoms with Crippen LogP contribution < -0.4 is 5.32 Å². The van der Waals surface area contributed by atoms with Crippen molar-refractivity contribution in [1.82, 2.24) is 5.32 Å². The van der Waals surface area contributed by atoms with E-state index in [-0.39, 0.29) is 23.1 Å². The van der Waals surface area contributed by atoms with E-state index < -0.39 is 34.9 Å². The standard InChI is InChI=1S/C30H23F6NO/c1-20-8-5-11-22(16-20)27(38)37-28(19-21-9-3-2-4-10-21,23-12-6-14-25(17-23)29(31,32)33)24-13-7-15-26(18-24)30(34,35)36/h2-18H,19H2,1H3,(H,37,38). The smallest absolute Gasteiger partial charge is 0.338 e. The Kier molecular flexibility index (Phi) is 7.35. The summed E-state index contributed by atoms with van der Waals surface area (Å²) in [5.41, 5.74) is -2.15. The summed E-state index contributed by atoms with van der Waals surface area (Å²) in [4.78, 5) is 13.6. The minimum absolute atomic E-state index is 0.00324. The fourth-order valence-corrected chi connectivity index (χ4v) is 4.44. The van der Waals surface area contributed by atoms with Gasteiger partial charge in [0.15, 0.2) is 0 Å². The molecule has 0 saturated heterocycles. The maximum Gasteiger partial charge on any atom is 0.416 e. The van der Waals surface area contributed by atoms with Gasteiger partial charge in [-0.3, -0.25) is 4.79 Å². The summed E-state index contributed by atoms with van der Waals surface area (Å²) in [6, 6.07) is 23.8. The predicted octanol–water partition coefficient (Wildman–Crippen LogP) is 7.95. The molecule has 38 heavy (non-hydrogen) atoms. The molecule has 0 saturated carbocycles. The van der Waals surface area contributed by atoms with Gasteiger partial charge in [0.05, 0.1) is 16.7 Å². The molecule has 8 heteroatoms. The molecule has 0 radical (unpaired) electrons. The van der Waals surface area contributed by atoms with Gasteiger partial charge in [-0.15, -0.1) is 0 Å². The second-order valence-corrected chi connectivity index (χ2v) is 9.05. The van der Waals surface area contributed by atoms with E-state index in [1.165, 1.54) is 30.3 Å². The van der Waals surface area contributed by atoms with Crippen molar-refractivity contribution in [3.8, 4) is 0 Å². The lowest BCUT2D eigenvalue weighted by Gasteiger charge is -2.37. The Morgan fingerprint density at radius 3 is 1.63 bits per heavy atom. The highest BCUT2D eigenvalue weighted by Crippen LogP contribution is 2.40. The number of carbonyl (C=O) groups is 1. The number of hydrogen-bond acceptors (Lipinski definition) is 1. The van der Waals surface area contributed by atoms with Gasteiger partial charge in [-0.1, -0.05) is 72.3 Å². The largest absolute Gasteiger partial charge is 0.416 e. The molecule has 0 aromatic heterocycles. The molecule has 0 aliphatic rings. The van der Waals surface area contributed by atoms with Crippen LogP contribution in [0.25, 0.3) is 0 Å². The minimum Gasteiger partial charge on any atom is -0.338 e. The van der Waals surface area contributed by atoms with Crippen molar-refractivity contribution in [3.63, 3.8) is 0 Å². The van der Waals surface area contributed by atoms with Crippen LogP contribution in [0.15, 0.2) is 103 Å². The van der Waals surface area contributed by atoms with Crippen LogP contribution in [0.5, 0.6) is 0 Å². The number of carbonyl (C=O) groups excluding carboxylic acids is 1. The van der Waals surface area contributed by atoms with Crippen LogP contribution in [0.4, 0.5) is 26.3 Å². The van der Waals surface area contributed by atoms with Crippen LogP contribution in [0.2, 0.25) is 0 Å². The van der Waals surface area contributed by atoms with E-state index in [4.69, 9.17) is 0 Å². The van der Waals surface area contributed by atoms with Crippen LogP contribution in [0.1, 0.15) is 43.7 Å². The molecular formula is C30H23F6NO. The maximum atomic E-state index is 13.7. The van der Waals surface area contributed by atoms with Crippen molar-refractivity contribution in [1.29, 1.82) is 0 Å². The first-order valence-electron chi connectivity index (χ1n) is 11.7. The zero-order chi connectivity index (χ0) is 27.6. The number of aryl methyl sites for hydroxylation is 1. The fraction of sp³-hybridized carbons (Fsp3) is 0.167. The van der Waals surface area contributed by atoms with Gasteiger partial charge in [-0.05, 0) is 60.0 Å². The second-order valence-electron chi connectivity index (χ2n) is 9.05. The first-order valence-corrected chi connectivity index (χ1v) is 11.7. The Balaban J connectivity index is 2.00. The number of hydrogen-bond donors (Lipinski definition) is 1. The fourth-order valence-electron chi connectivity index (χ4n) is 4.44. The van der Waals surface area contributed by atoms with Gasteiger partial charge in [-0.2, -0.15) is 26.3 Å². The number of nitrogens with one attached hydrogen (secondary N) is 1. The van der Waals surface area contributed by atoms with E-state index in [2.05, 4.69) is 5.32 Å². The predicted molar refractivity (Wildman–Crippen MR) is 132 cm³/mol.